The average molecular weight is 245 g/mol. The number of hydrogen-bond acceptors (Lipinski definition) is 2. The van der Waals surface area contributed by atoms with E-state index in [2.05, 4.69) is 18.0 Å². The van der Waals surface area contributed by atoms with Gasteiger partial charge in [-0.05, 0) is 36.1 Å². The molecule has 0 aliphatic heterocycles. The summed E-state index contributed by atoms with van der Waals surface area (Å²) in [7, 11) is 1.44. The number of aromatic amines is 1. The number of rotatable bonds is 3. The minimum absolute atomic E-state index is 0.169. The van der Waals surface area contributed by atoms with Crippen molar-refractivity contribution in [3.63, 3.8) is 0 Å². The first-order valence-electron chi connectivity index (χ1n) is 6.20. The third-order valence-electron chi connectivity index (χ3n) is 3.39. The van der Waals surface area contributed by atoms with Gasteiger partial charge < -0.3 is 9.72 Å². The van der Waals surface area contributed by atoms with E-state index in [4.69, 9.17) is 4.74 Å². The second kappa shape index (κ2) is 4.84. The molecule has 0 aliphatic rings. The number of methoxy groups -OCH3 is 1. The zero-order chi connectivity index (χ0) is 13.3. The summed E-state index contributed by atoms with van der Waals surface area (Å²) < 4.78 is 4.91. The van der Waals surface area contributed by atoms with Gasteiger partial charge in [0.25, 0.3) is 0 Å². The van der Waals surface area contributed by atoms with Crippen molar-refractivity contribution in [2.75, 3.05) is 7.11 Å². The molecule has 1 aromatic carbocycles. The van der Waals surface area contributed by atoms with Crippen LogP contribution >= 0.6 is 0 Å². The molecule has 0 aliphatic carbocycles. The van der Waals surface area contributed by atoms with Crippen molar-refractivity contribution >= 4 is 16.9 Å². The minimum Gasteiger partial charge on any atom is -0.469 e. The highest BCUT2D eigenvalue weighted by molar-refractivity contribution is 5.86. The van der Waals surface area contributed by atoms with E-state index in [9.17, 15) is 4.79 Å². The number of nitrogens with one attached hydrogen (secondary N) is 1. The summed E-state index contributed by atoms with van der Waals surface area (Å²) in [6.45, 7) is 6.14. The van der Waals surface area contributed by atoms with Crippen LogP contribution in [0, 0.1) is 12.8 Å². The van der Waals surface area contributed by atoms with Crippen molar-refractivity contribution in [2.24, 2.45) is 5.92 Å². The van der Waals surface area contributed by atoms with E-state index in [0.717, 1.165) is 11.1 Å². The Morgan fingerprint density at radius 3 is 2.67 bits per heavy atom. The van der Waals surface area contributed by atoms with E-state index >= 15 is 0 Å². The lowest BCUT2D eigenvalue weighted by molar-refractivity contribution is -0.143. The number of ether oxygens (including phenoxy) is 1. The van der Waals surface area contributed by atoms with Crippen LogP contribution in [-0.4, -0.2) is 18.1 Å². The first-order valence-corrected chi connectivity index (χ1v) is 6.20. The standard InChI is InChI=1S/C15H19NO2/c1-9(2)14(15(17)18-4)11-5-6-13-12(7-11)10(3)8-16-13/h5-9,14,16H,1-4H3. The maximum Gasteiger partial charge on any atom is 0.313 e. The lowest BCUT2D eigenvalue weighted by Gasteiger charge is -2.18. The zero-order valence-corrected chi connectivity index (χ0v) is 11.3. The molecule has 18 heavy (non-hydrogen) atoms. The van der Waals surface area contributed by atoms with Gasteiger partial charge in [-0.15, -0.1) is 0 Å². The van der Waals surface area contributed by atoms with Gasteiger partial charge in [-0.1, -0.05) is 19.9 Å². The molecule has 0 saturated heterocycles. The normalized spacial score (nSPS) is 12.9. The van der Waals surface area contributed by atoms with Gasteiger partial charge in [-0.25, -0.2) is 0 Å². The molecule has 1 atom stereocenters. The molecular formula is C15H19NO2. The van der Waals surface area contributed by atoms with Crippen LogP contribution < -0.4 is 0 Å². The Hall–Kier alpha value is -1.77. The Morgan fingerprint density at radius 2 is 2.06 bits per heavy atom. The molecule has 2 rings (SSSR count). The molecule has 1 aromatic heterocycles. The molecule has 0 saturated carbocycles. The Morgan fingerprint density at radius 1 is 1.33 bits per heavy atom. The SMILES string of the molecule is COC(=O)C(c1ccc2[nH]cc(C)c2c1)C(C)C. The molecule has 0 fully saturated rings. The van der Waals surface area contributed by atoms with Crippen molar-refractivity contribution in [3.8, 4) is 0 Å². The molecule has 2 aromatic rings. The Labute approximate surface area is 107 Å². The highest BCUT2D eigenvalue weighted by Gasteiger charge is 2.25. The number of carbonyl (C=O) groups is 1. The minimum atomic E-state index is -0.200. The number of aromatic nitrogens is 1. The monoisotopic (exact) mass is 245 g/mol. The zero-order valence-electron chi connectivity index (χ0n) is 11.3. The summed E-state index contributed by atoms with van der Waals surface area (Å²) in [6.07, 6.45) is 1.98. The average Bonchev–Trinajstić information content (AvgIpc) is 2.71. The summed E-state index contributed by atoms with van der Waals surface area (Å²) in [5.74, 6) is -0.152. The van der Waals surface area contributed by atoms with Crippen molar-refractivity contribution in [2.45, 2.75) is 26.7 Å². The fourth-order valence-corrected chi connectivity index (χ4v) is 2.39. The molecule has 1 unspecified atom stereocenters. The Balaban J connectivity index is 2.50. The predicted octanol–water partition coefficient (Wildman–Crippen LogP) is 3.39. The lowest BCUT2D eigenvalue weighted by atomic mass is 9.88. The quantitative estimate of drug-likeness (QED) is 0.842. The first-order chi connectivity index (χ1) is 8.54. The molecule has 3 heteroatoms. The molecule has 96 valence electrons. The van der Waals surface area contributed by atoms with Crippen molar-refractivity contribution in [1.82, 2.24) is 4.98 Å². The topological polar surface area (TPSA) is 42.1 Å². The number of aryl methyl sites for hydroxylation is 1. The number of esters is 1. The fraction of sp³-hybridized carbons (Fsp3) is 0.400. The van der Waals surface area contributed by atoms with Crippen LogP contribution in [0.4, 0.5) is 0 Å². The smallest absolute Gasteiger partial charge is 0.313 e. The molecule has 0 amide bonds. The van der Waals surface area contributed by atoms with Crippen LogP contribution in [0.2, 0.25) is 0 Å². The summed E-state index contributed by atoms with van der Waals surface area (Å²) in [5, 5.41) is 1.17. The van der Waals surface area contributed by atoms with Crippen molar-refractivity contribution in [1.29, 1.82) is 0 Å². The van der Waals surface area contributed by atoms with Crippen LogP contribution in [0.25, 0.3) is 10.9 Å². The third-order valence-corrected chi connectivity index (χ3v) is 3.39. The molecule has 1 N–H and O–H groups in total. The Kier molecular flexibility index (Phi) is 3.41. The highest BCUT2D eigenvalue weighted by Crippen LogP contribution is 2.29. The van der Waals surface area contributed by atoms with Crippen LogP contribution in [0.3, 0.4) is 0 Å². The second-order valence-electron chi connectivity index (χ2n) is 5.02. The third kappa shape index (κ3) is 2.13. The van der Waals surface area contributed by atoms with Crippen LogP contribution in [0.1, 0.15) is 30.9 Å². The summed E-state index contributed by atoms with van der Waals surface area (Å²) >= 11 is 0. The van der Waals surface area contributed by atoms with Gasteiger partial charge >= 0.3 is 5.97 Å². The molecule has 0 spiro atoms. The molecule has 1 heterocycles. The first kappa shape index (κ1) is 12.7. The summed E-state index contributed by atoms with van der Waals surface area (Å²) in [6, 6.07) is 6.11. The van der Waals surface area contributed by atoms with Gasteiger partial charge in [0.15, 0.2) is 0 Å². The predicted molar refractivity (Wildman–Crippen MR) is 72.6 cm³/mol. The van der Waals surface area contributed by atoms with E-state index < -0.39 is 0 Å². The summed E-state index contributed by atoms with van der Waals surface area (Å²) in [5.41, 5.74) is 3.31. The van der Waals surface area contributed by atoms with Crippen molar-refractivity contribution < 1.29 is 9.53 Å². The van der Waals surface area contributed by atoms with E-state index in [1.807, 2.05) is 32.2 Å². The maximum atomic E-state index is 11.9. The summed E-state index contributed by atoms with van der Waals surface area (Å²) in [4.78, 5) is 15.1. The number of H-pyrrole nitrogens is 1. The van der Waals surface area contributed by atoms with E-state index in [0.29, 0.717) is 0 Å². The van der Waals surface area contributed by atoms with Crippen LogP contribution in [-0.2, 0) is 9.53 Å². The largest absolute Gasteiger partial charge is 0.469 e. The molecular weight excluding hydrogens is 226 g/mol. The van der Waals surface area contributed by atoms with Crippen molar-refractivity contribution in [3.05, 3.63) is 35.5 Å². The van der Waals surface area contributed by atoms with Gasteiger partial charge in [-0.2, -0.15) is 0 Å². The van der Waals surface area contributed by atoms with Crippen LogP contribution in [0.5, 0.6) is 0 Å². The van der Waals surface area contributed by atoms with Gasteiger partial charge in [0.1, 0.15) is 0 Å². The van der Waals surface area contributed by atoms with E-state index in [-0.39, 0.29) is 17.8 Å². The van der Waals surface area contributed by atoms with Crippen LogP contribution in [0.15, 0.2) is 24.4 Å². The van der Waals surface area contributed by atoms with E-state index in [1.165, 1.54) is 18.1 Å². The lowest BCUT2D eigenvalue weighted by Crippen LogP contribution is -2.19. The van der Waals surface area contributed by atoms with Gasteiger partial charge in [0.2, 0.25) is 0 Å². The van der Waals surface area contributed by atoms with Gasteiger partial charge in [0.05, 0.1) is 13.0 Å². The van der Waals surface area contributed by atoms with E-state index in [1.54, 1.807) is 0 Å². The van der Waals surface area contributed by atoms with Gasteiger partial charge in [-0.3, -0.25) is 4.79 Å². The number of fused-ring (bicyclic) bond motifs is 1. The fourth-order valence-electron chi connectivity index (χ4n) is 2.39. The maximum absolute atomic E-state index is 11.9. The Bertz CT molecular complexity index is 569. The number of hydrogen-bond donors (Lipinski definition) is 1. The number of benzene rings is 1. The molecule has 0 radical (unpaired) electrons. The second-order valence-corrected chi connectivity index (χ2v) is 5.02. The molecule has 3 nitrogen and oxygen atoms in total. The number of carbonyl (C=O) groups excluding carboxylic acids is 1. The van der Waals surface area contributed by atoms with Gasteiger partial charge in [0, 0.05) is 17.1 Å². The molecule has 0 bridgehead atoms. The highest BCUT2D eigenvalue weighted by atomic mass is 16.5.